The van der Waals surface area contributed by atoms with E-state index in [1.807, 2.05) is 31.2 Å². The molecule has 64 heavy (non-hydrogen) atoms. The number of furan rings is 1. The van der Waals surface area contributed by atoms with Gasteiger partial charge in [-0.3, -0.25) is 0 Å². The molecular weight excluding hydrogens is 800 g/mol. The summed E-state index contributed by atoms with van der Waals surface area (Å²) in [5, 5.41) is 2.21. The van der Waals surface area contributed by atoms with Crippen molar-refractivity contribution in [1.82, 2.24) is 0 Å². The number of hydrogen-bond acceptors (Lipinski definition) is 3. The Hall–Kier alpha value is -6.74. The Morgan fingerprint density at radius 3 is 2.61 bits per heavy atom. The van der Waals surface area contributed by atoms with Crippen molar-refractivity contribution in [3.05, 3.63) is 217 Å². The van der Waals surface area contributed by atoms with E-state index < -0.39 is 0 Å². The lowest BCUT2D eigenvalue weighted by atomic mass is 9.96. The molecule has 4 aromatic carbocycles. The van der Waals surface area contributed by atoms with E-state index in [2.05, 4.69) is 187 Å². The van der Waals surface area contributed by atoms with Crippen molar-refractivity contribution in [1.29, 1.82) is 0 Å². The topological polar surface area (TPSA) is 32.5 Å². The number of allylic oxidation sites excluding steroid dienone is 10. The molecule has 0 amide bonds. The third kappa shape index (κ3) is 9.44. The Bertz CT molecular complexity index is 3030. The first-order valence-electron chi connectivity index (χ1n) is 22.6. The minimum absolute atomic E-state index is 0.411. The smallest absolute Gasteiger partial charge is 0.205 e. The number of benzene rings is 4. The zero-order valence-corrected chi connectivity index (χ0v) is 38.0. The number of nitrogens with zero attached hydrogens (tertiary/aromatic N) is 2. The summed E-state index contributed by atoms with van der Waals surface area (Å²) in [6.07, 6.45) is 30.5. The number of fused-ring (bicyclic) bond motifs is 5. The summed E-state index contributed by atoms with van der Waals surface area (Å²) >= 11 is 0. The quantitative estimate of drug-likeness (QED) is 0.0428. The van der Waals surface area contributed by atoms with Gasteiger partial charge in [0.15, 0.2) is 12.8 Å². The molecule has 0 saturated heterocycles. The van der Waals surface area contributed by atoms with Crippen molar-refractivity contribution in [2.24, 2.45) is 0 Å². The fourth-order valence-electron chi connectivity index (χ4n) is 9.02. The Morgan fingerprint density at radius 1 is 0.859 bits per heavy atom. The highest BCUT2D eigenvalue weighted by Gasteiger charge is 2.23. The zero-order chi connectivity index (χ0) is 43.8. The maximum absolute atomic E-state index is 6.24. The van der Waals surface area contributed by atoms with Gasteiger partial charge in [0.05, 0.1) is 6.04 Å². The maximum atomic E-state index is 6.24. The highest BCUT2D eigenvalue weighted by atomic mass is 31.1. The molecule has 318 valence electrons. The second-order valence-corrected chi connectivity index (χ2v) is 17.7. The molecule has 0 fully saturated rings. The van der Waals surface area contributed by atoms with Crippen molar-refractivity contribution in [2.45, 2.75) is 58.4 Å². The van der Waals surface area contributed by atoms with Crippen LogP contribution in [0.2, 0.25) is 0 Å². The summed E-state index contributed by atoms with van der Waals surface area (Å²) in [6, 6.07) is 39.5. The summed E-state index contributed by atoms with van der Waals surface area (Å²) in [5.74, 6) is 4.21. The van der Waals surface area contributed by atoms with E-state index in [-0.39, 0.29) is 0 Å². The van der Waals surface area contributed by atoms with Crippen molar-refractivity contribution >= 4 is 71.1 Å². The van der Waals surface area contributed by atoms with E-state index in [1.165, 1.54) is 58.2 Å². The Morgan fingerprint density at radius 2 is 1.73 bits per heavy atom. The van der Waals surface area contributed by atoms with Crippen molar-refractivity contribution in [3.8, 4) is 11.1 Å². The van der Waals surface area contributed by atoms with Crippen LogP contribution < -0.4 is 4.67 Å². The molecule has 0 spiro atoms. The minimum atomic E-state index is 0.411. The van der Waals surface area contributed by atoms with Gasteiger partial charge in [0.25, 0.3) is 0 Å². The van der Waals surface area contributed by atoms with E-state index in [0.29, 0.717) is 14.8 Å². The zero-order valence-electron chi connectivity index (χ0n) is 37.0. The molecule has 2 unspecified atom stereocenters. The second-order valence-electron chi connectivity index (χ2n) is 16.7. The van der Waals surface area contributed by atoms with Crippen LogP contribution in [0.1, 0.15) is 72.8 Å². The largest absolute Gasteiger partial charge is 0.461 e. The van der Waals surface area contributed by atoms with E-state index in [4.69, 9.17) is 8.83 Å². The Labute approximate surface area is 380 Å². The number of aryl methyl sites for hydroxylation is 2. The molecule has 0 saturated carbocycles. The van der Waals surface area contributed by atoms with E-state index in [1.54, 1.807) is 0 Å². The molecule has 0 N–H and O–H groups in total. The lowest BCUT2D eigenvalue weighted by Gasteiger charge is -2.33. The fraction of sp³-hybridized carbons (Fsp3) is 0.169. The number of hydrogen-bond donors (Lipinski definition) is 0. The molecule has 2 atom stereocenters. The van der Waals surface area contributed by atoms with Gasteiger partial charge < -0.3 is 13.5 Å². The van der Waals surface area contributed by atoms with Gasteiger partial charge in [-0.25, -0.2) is 0 Å². The van der Waals surface area contributed by atoms with Crippen LogP contribution in [-0.2, 0) is 6.42 Å². The van der Waals surface area contributed by atoms with Crippen LogP contribution in [0.3, 0.4) is 0 Å². The molecule has 5 heteroatoms. The van der Waals surface area contributed by atoms with Gasteiger partial charge in [0.1, 0.15) is 22.7 Å². The lowest BCUT2D eigenvalue weighted by Crippen LogP contribution is -2.27. The highest BCUT2D eigenvalue weighted by molar-refractivity contribution is 7.43. The van der Waals surface area contributed by atoms with Gasteiger partial charge in [0, 0.05) is 67.4 Å². The first kappa shape index (κ1) is 42.6. The summed E-state index contributed by atoms with van der Waals surface area (Å²) in [4.78, 5) is 0. The van der Waals surface area contributed by atoms with Crippen molar-refractivity contribution in [3.63, 3.8) is 0 Å². The SMILES string of the molecule is C=C/C=C(\CC[N+](=C/C=C\C(=C/C)c1ccc2oc3c(c2c1)C=CCC3)c1cccc(-c2ccc3c(c2)C(=C)C=CPN3C2C=CCCC2)c1)c1ccc(C)oc2ccccc2cc1. The average Bonchev–Trinajstić information content (AvgIpc) is 3.65. The highest BCUT2D eigenvalue weighted by Crippen LogP contribution is 2.44. The second kappa shape index (κ2) is 19.8. The fourth-order valence-corrected chi connectivity index (χ4v) is 10.2. The van der Waals surface area contributed by atoms with Crippen LogP contribution in [0.4, 0.5) is 11.4 Å². The monoisotopic (exact) mass is 855 g/mol. The van der Waals surface area contributed by atoms with Gasteiger partial charge in [-0.1, -0.05) is 122 Å². The predicted octanol–water partition coefficient (Wildman–Crippen LogP) is 16.3. The number of rotatable bonds is 11. The lowest BCUT2D eigenvalue weighted by molar-refractivity contribution is -0.433. The summed E-state index contributed by atoms with van der Waals surface area (Å²) in [7, 11) is 0.586. The van der Waals surface area contributed by atoms with Gasteiger partial charge in [-0.2, -0.15) is 4.58 Å². The van der Waals surface area contributed by atoms with Crippen LogP contribution in [0.5, 0.6) is 0 Å². The van der Waals surface area contributed by atoms with Crippen molar-refractivity contribution < 1.29 is 13.4 Å². The molecule has 0 bridgehead atoms. The van der Waals surface area contributed by atoms with E-state index in [0.717, 1.165) is 81.8 Å². The van der Waals surface area contributed by atoms with Crippen LogP contribution in [-0.4, -0.2) is 23.4 Å². The van der Waals surface area contributed by atoms with Gasteiger partial charge in [0.2, 0.25) is 5.69 Å². The van der Waals surface area contributed by atoms with Crippen LogP contribution in [0.25, 0.3) is 55.9 Å². The van der Waals surface area contributed by atoms with Crippen LogP contribution >= 0.6 is 8.73 Å². The molecule has 2 aliphatic carbocycles. The molecule has 3 aliphatic rings. The first-order chi connectivity index (χ1) is 31.4. The number of anilines is 1. The molecule has 2 aromatic heterocycles. The van der Waals surface area contributed by atoms with Crippen LogP contribution in [0.15, 0.2) is 192 Å². The van der Waals surface area contributed by atoms with Gasteiger partial charge >= 0.3 is 0 Å². The molecule has 0 radical (unpaired) electrons. The first-order valence-corrected chi connectivity index (χ1v) is 23.6. The molecule has 1 aliphatic heterocycles. The summed E-state index contributed by atoms with van der Waals surface area (Å²) in [5.41, 5.74) is 14.6. The van der Waals surface area contributed by atoms with Gasteiger partial charge in [-0.15, -0.1) is 0 Å². The Balaban J connectivity index is 1.07. The van der Waals surface area contributed by atoms with E-state index >= 15 is 0 Å². The van der Waals surface area contributed by atoms with Gasteiger partial charge in [-0.05, 0) is 127 Å². The molecule has 6 aromatic rings. The average molecular weight is 856 g/mol. The summed E-state index contributed by atoms with van der Waals surface area (Å²) < 4.78 is 17.4. The molecule has 4 nitrogen and oxygen atoms in total. The molecule has 3 heterocycles. The standard InChI is InChI=1S/C59H56N2O2P/c1-5-16-45(46-27-26-43(4)62-57-24-12-10-17-47(57)29-28-46)34-37-60(36-15-19-44(6-2)49-31-33-59-55(41-49)53-23-11-13-25-58(53)63-59)52-22-14-18-48(39-52)50-30-32-56-54(40-50)42(3)35-38-64-61(56)51-20-8-7-9-21-51/h5-6,8,10-12,14-20,22-24,26-33,35-36,38-41,51,64H,1,3,7,9,13,21,25,34,37H2,2,4H3/q+1/b19-15-,29-28?,43-26?,44-6+,45-16+,46-27?,60-36?. The van der Waals surface area contributed by atoms with Crippen molar-refractivity contribution in [2.75, 3.05) is 11.2 Å². The van der Waals surface area contributed by atoms with E-state index in [9.17, 15) is 0 Å². The normalized spacial score (nSPS) is 17.0. The minimum Gasteiger partial charge on any atom is -0.461 e. The number of para-hydroxylation sites is 1. The third-order valence-corrected chi connectivity index (χ3v) is 13.6. The summed E-state index contributed by atoms with van der Waals surface area (Å²) in [6.45, 7) is 13.5. The Kier molecular flexibility index (Phi) is 13.1. The third-order valence-electron chi connectivity index (χ3n) is 12.4. The van der Waals surface area contributed by atoms with Crippen LogP contribution in [0, 0.1) is 6.92 Å². The predicted molar refractivity (Wildman–Crippen MR) is 276 cm³/mol. The maximum Gasteiger partial charge on any atom is 0.205 e. The molecule has 9 rings (SSSR count). The molecular formula is C59H56N2O2P+.